The zero-order valence-corrected chi connectivity index (χ0v) is 7.78. The first-order chi connectivity index (χ1) is 5.74. The average molecular weight is 227 g/mol. The summed E-state index contributed by atoms with van der Waals surface area (Å²) in [4.78, 5) is 12.2. The summed E-state index contributed by atoms with van der Waals surface area (Å²) in [5, 5.41) is 8.58. The molecule has 0 aliphatic heterocycles. The molecule has 0 heterocycles. The molecule has 0 fully saturated rings. The molecule has 0 atom stereocenters. The first-order valence-corrected chi connectivity index (χ1v) is 4.26. The van der Waals surface area contributed by atoms with E-state index in [-0.39, 0.29) is 0 Å². The molecule has 3 heteroatoms. The molecule has 62 valence electrons. The summed E-state index contributed by atoms with van der Waals surface area (Å²) in [5.74, 6) is -0.899. The number of aromatic carboxylic acids is 1. The summed E-state index contributed by atoms with van der Waals surface area (Å²) in [5.41, 5.74) is 1.28. The zero-order chi connectivity index (χ0) is 8.97. The van der Waals surface area contributed by atoms with Crippen molar-refractivity contribution >= 4 is 28.0 Å². The van der Waals surface area contributed by atoms with Crippen molar-refractivity contribution in [2.45, 2.75) is 0 Å². The lowest BCUT2D eigenvalue weighted by Gasteiger charge is -1.94. The smallest absolute Gasteiger partial charge is 0.335 e. The quantitative estimate of drug-likeness (QED) is 0.843. The Morgan fingerprint density at radius 2 is 1.92 bits per heavy atom. The molecule has 0 saturated heterocycles. The van der Waals surface area contributed by atoms with Gasteiger partial charge in [-0.25, -0.2) is 4.79 Å². The molecule has 1 aromatic carbocycles. The number of carboxylic acids is 1. The second-order valence-electron chi connectivity index (χ2n) is 2.22. The van der Waals surface area contributed by atoms with Crippen LogP contribution < -0.4 is 0 Å². The van der Waals surface area contributed by atoms with Gasteiger partial charge in [0.25, 0.3) is 0 Å². The predicted molar refractivity (Wildman–Crippen MR) is 51.4 cm³/mol. The highest BCUT2D eigenvalue weighted by Gasteiger charge is 1.99. The van der Waals surface area contributed by atoms with Crippen molar-refractivity contribution in [3.63, 3.8) is 0 Å². The Labute approximate surface area is 78.7 Å². The van der Waals surface area contributed by atoms with E-state index in [1.165, 1.54) is 0 Å². The SMILES string of the molecule is O=C(O)c1ccc(C=CBr)cc1. The topological polar surface area (TPSA) is 37.3 Å². The predicted octanol–water partition coefficient (Wildman–Crippen LogP) is 2.75. The summed E-state index contributed by atoms with van der Waals surface area (Å²) in [7, 11) is 0. The Morgan fingerprint density at radius 3 is 2.33 bits per heavy atom. The number of benzene rings is 1. The van der Waals surface area contributed by atoms with Crippen molar-refractivity contribution in [3.8, 4) is 0 Å². The Morgan fingerprint density at radius 1 is 1.33 bits per heavy atom. The molecule has 0 radical (unpaired) electrons. The van der Waals surface area contributed by atoms with Crippen LogP contribution in [0.25, 0.3) is 6.08 Å². The van der Waals surface area contributed by atoms with Crippen LogP contribution >= 0.6 is 15.9 Å². The van der Waals surface area contributed by atoms with Crippen LogP contribution in [0.2, 0.25) is 0 Å². The van der Waals surface area contributed by atoms with Crippen LogP contribution in [0.3, 0.4) is 0 Å². The minimum Gasteiger partial charge on any atom is -0.478 e. The van der Waals surface area contributed by atoms with Gasteiger partial charge in [-0.05, 0) is 28.8 Å². The van der Waals surface area contributed by atoms with Crippen LogP contribution in [-0.2, 0) is 0 Å². The van der Waals surface area contributed by atoms with Crippen molar-refractivity contribution in [2.75, 3.05) is 0 Å². The molecule has 0 aliphatic carbocycles. The Hall–Kier alpha value is -1.09. The van der Waals surface area contributed by atoms with Crippen molar-refractivity contribution in [1.29, 1.82) is 0 Å². The molecule has 0 aromatic heterocycles. The maximum absolute atomic E-state index is 10.4. The standard InChI is InChI=1S/C9H7BrO2/c10-6-5-7-1-3-8(4-2-7)9(11)12/h1-6H,(H,11,12). The van der Waals surface area contributed by atoms with Gasteiger partial charge in [-0.15, -0.1) is 0 Å². The normalized spacial score (nSPS) is 10.4. The van der Waals surface area contributed by atoms with E-state index >= 15 is 0 Å². The summed E-state index contributed by atoms with van der Waals surface area (Å²) in [6.07, 6.45) is 1.84. The largest absolute Gasteiger partial charge is 0.478 e. The maximum atomic E-state index is 10.4. The van der Waals surface area contributed by atoms with Gasteiger partial charge in [-0.2, -0.15) is 0 Å². The molecule has 0 amide bonds. The molecule has 0 saturated carbocycles. The van der Waals surface area contributed by atoms with Crippen LogP contribution in [0.15, 0.2) is 29.3 Å². The van der Waals surface area contributed by atoms with Crippen molar-refractivity contribution in [3.05, 3.63) is 40.4 Å². The fourth-order valence-corrected chi connectivity index (χ4v) is 1.11. The van der Waals surface area contributed by atoms with Gasteiger partial charge in [0.05, 0.1) is 5.56 Å². The van der Waals surface area contributed by atoms with E-state index < -0.39 is 5.97 Å². The number of carboxylic acid groups (broad SMARTS) is 1. The van der Waals surface area contributed by atoms with Gasteiger partial charge in [0, 0.05) is 0 Å². The molecule has 0 spiro atoms. The first kappa shape index (κ1) is 9.00. The third kappa shape index (κ3) is 2.20. The molecule has 0 unspecified atom stereocenters. The lowest BCUT2D eigenvalue weighted by atomic mass is 10.1. The second-order valence-corrected chi connectivity index (χ2v) is 2.75. The van der Waals surface area contributed by atoms with Gasteiger partial charge in [0.2, 0.25) is 0 Å². The molecular weight excluding hydrogens is 220 g/mol. The van der Waals surface area contributed by atoms with E-state index in [9.17, 15) is 4.79 Å². The fourth-order valence-electron chi connectivity index (χ4n) is 0.810. The van der Waals surface area contributed by atoms with Crippen molar-refractivity contribution in [1.82, 2.24) is 0 Å². The molecule has 1 N–H and O–H groups in total. The van der Waals surface area contributed by atoms with Gasteiger partial charge in [-0.1, -0.05) is 28.1 Å². The highest BCUT2D eigenvalue weighted by molar-refractivity contribution is 9.11. The summed E-state index contributed by atoms with van der Waals surface area (Å²) in [6, 6.07) is 6.65. The lowest BCUT2D eigenvalue weighted by Crippen LogP contribution is -1.94. The average Bonchev–Trinajstić information content (AvgIpc) is 2.06. The monoisotopic (exact) mass is 226 g/mol. The highest BCUT2D eigenvalue weighted by Crippen LogP contribution is 2.06. The maximum Gasteiger partial charge on any atom is 0.335 e. The number of hydrogen-bond donors (Lipinski definition) is 1. The Kier molecular flexibility index (Phi) is 3.05. The highest BCUT2D eigenvalue weighted by atomic mass is 79.9. The van der Waals surface area contributed by atoms with E-state index in [0.29, 0.717) is 5.56 Å². The number of halogens is 1. The molecule has 1 rings (SSSR count). The van der Waals surface area contributed by atoms with E-state index in [4.69, 9.17) is 5.11 Å². The van der Waals surface area contributed by atoms with Gasteiger partial charge in [0.1, 0.15) is 0 Å². The summed E-state index contributed by atoms with van der Waals surface area (Å²) < 4.78 is 0. The third-order valence-electron chi connectivity index (χ3n) is 1.41. The molecule has 0 aliphatic rings. The third-order valence-corrected chi connectivity index (χ3v) is 1.68. The summed E-state index contributed by atoms with van der Waals surface area (Å²) >= 11 is 3.14. The van der Waals surface area contributed by atoms with E-state index in [0.717, 1.165) is 5.56 Å². The molecule has 1 aromatic rings. The molecule has 0 bridgehead atoms. The van der Waals surface area contributed by atoms with E-state index in [1.54, 1.807) is 29.3 Å². The van der Waals surface area contributed by atoms with Crippen LogP contribution in [0.1, 0.15) is 15.9 Å². The van der Waals surface area contributed by atoms with Crippen LogP contribution in [0, 0.1) is 0 Å². The summed E-state index contributed by atoms with van der Waals surface area (Å²) in [6.45, 7) is 0. The van der Waals surface area contributed by atoms with Crippen LogP contribution in [-0.4, -0.2) is 11.1 Å². The van der Waals surface area contributed by atoms with Gasteiger partial charge in [-0.3, -0.25) is 0 Å². The van der Waals surface area contributed by atoms with Gasteiger partial charge in [0.15, 0.2) is 0 Å². The van der Waals surface area contributed by atoms with Crippen LogP contribution in [0.5, 0.6) is 0 Å². The van der Waals surface area contributed by atoms with E-state index in [2.05, 4.69) is 15.9 Å². The zero-order valence-electron chi connectivity index (χ0n) is 6.20. The molecule has 12 heavy (non-hydrogen) atoms. The Bertz CT molecular complexity index is 301. The van der Waals surface area contributed by atoms with Crippen molar-refractivity contribution < 1.29 is 9.90 Å². The molecular formula is C9H7BrO2. The van der Waals surface area contributed by atoms with Gasteiger partial charge >= 0.3 is 5.97 Å². The molecule has 2 nitrogen and oxygen atoms in total. The minimum absolute atomic E-state index is 0.307. The fraction of sp³-hybridized carbons (Fsp3) is 0. The minimum atomic E-state index is -0.899. The first-order valence-electron chi connectivity index (χ1n) is 3.34. The number of carbonyl (C=O) groups is 1. The van der Waals surface area contributed by atoms with Gasteiger partial charge < -0.3 is 5.11 Å². The number of rotatable bonds is 2. The van der Waals surface area contributed by atoms with Crippen molar-refractivity contribution in [2.24, 2.45) is 0 Å². The van der Waals surface area contributed by atoms with Crippen LogP contribution in [0.4, 0.5) is 0 Å². The Balaban J connectivity index is 2.93. The van der Waals surface area contributed by atoms with E-state index in [1.807, 2.05) is 6.08 Å². The lowest BCUT2D eigenvalue weighted by molar-refractivity contribution is 0.0697. The number of hydrogen-bond acceptors (Lipinski definition) is 1. The second kappa shape index (κ2) is 4.07.